The predicted octanol–water partition coefficient (Wildman–Crippen LogP) is 1.77. The molecule has 10 heteroatoms. The normalized spacial score (nSPS) is 11.4. The van der Waals surface area contributed by atoms with Crippen LogP contribution in [0.25, 0.3) is 0 Å². The van der Waals surface area contributed by atoms with Crippen LogP contribution in [0.1, 0.15) is 16.1 Å². The third-order valence-corrected chi connectivity index (χ3v) is 5.66. The molecule has 0 saturated heterocycles. The van der Waals surface area contributed by atoms with Gasteiger partial charge in [0.05, 0.1) is 4.90 Å². The minimum atomic E-state index is -3.64. The van der Waals surface area contributed by atoms with Gasteiger partial charge in [0.2, 0.25) is 15.8 Å². The van der Waals surface area contributed by atoms with E-state index in [0.717, 1.165) is 4.31 Å². The first-order valence-electron chi connectivity index (χ1n) is 7.41. The van der Waals surface area contributed by atoms with Gasteiger partial charge < -0.3 is 14.5 Å². The van der Waals surface area contributed by atoms with E-state index in [1.807, 2.05) is 0 Å². The average Bonchev–Trinajstić information content (AvgIpc) is 3.04. The van der Waals surface area contributed by atoms with Gasteiger partial charge in [-0.2, -0.15) is 0 Å². The van der Waals surface area contributed by atoms with E-state index in [1.54, 1.807) is 18.2 Å². The van der Waals surface area contributed by atoms with Crippen LogP contribution < -0.4 is 5.32 Å². The summed E-state index contributed by atoms with van der Waals surface area (Å²) in [5, 5.41) is 2.52. The lowest BCUT2D eigenvalue weighted by Crippen LogP contribution is -2.30. The van der Waals surface area contributed by atoms with E-state index < -0.39 is 28.5 Å². The summed E-state index contributed by atoms with van der Waals surface area (Å²) in [5.74, 6) is -1.38. The molecule has 0 radical (unpaired) electrons. The van der Waals surface area contributed by atoms with E-state index in [9.17, 15) is 18.0 Å². The fraction of sp³-hybridized carbons (Fsp3) is 0.250. The van der Waals surface area contributed by atoms with E-state index >= 15 is 0 Å². The molecule has 0 saturated carbocycles. The number of rotatable bonds is 7. The van der Waals surface area contributed by atoms with E-state index in [2.05, 4.69) is 21.2 Å². The lowest BCUT2D eigenvalue weighted by molar-refractivity contribution is -0.124. The standard InChI is InChI=1S/C16H17BrN2O6S/c1-19(2)26(22,23)13-6-4-3-5-11(13)9-18-15(20)10-24-16(21)12-7-8-14(17)25-12/h3-8H,9-10H2,1-2H3,(H,18,20). The van der Waals surface area contributed by atoms with Crippen LogP contribution in [-0.4, -0.2) is 45.3 Å². The highest BCUT2D eigenvalue weighted by Crippen LogP contribution is 2.18. The molecule has 0 unspecified atom stereocenters. The number of halogens is 1. The van der Waals surface area contributed by atoms with E-state index in [-0.39, 0.29) is 17.2 Å². The number of nitrogens with one attached hydrogen (secondary N) is 1. The summed E-state index contributed by atoms with van der Waals surface area (Å²) in [4.78, 5) is 23.7. The number of carbonyl (C=O) groups is 2. The lowest BCUT2D eigenvalue weighted by Gasteiger charge is -2.15. The largest absolute Gasteiger partial charge is 0.450 e. The molecule has 1 N–H and O–H groups in total. The third kappa shape index (κ3) is 4.93. The van der Waals surface area contributed by atoms with Gasteiger partial charge in [-0.05, 0) is 39.7 Å². The predicted molar refractivity (Wildman–Crippen MR) is 95.9 cm³/mol. The van der Waals surface area contributed by atoms with Crippen LogP contribution in [0.2, 0.25) is 0 Å². The highest BCUT2D eigenvalue weighted by molar-refractivity contribution is 9.10. The highest BCUT2D eigenvalue weighted by Gasteiger charge is 2.21. The Morgan fingerprint density at radius 2 is 1.88 bits per heavy atom. The van der Waals surface area contributed by atoms with Gasteiger partial charge in [-0.25, -0.2) is 17.5 Å². The number of sulfonamides is 1. The number of esters is 1. The quantitative estimate of drug-likeness (QED) is 0.652. The summed E-state index contributed by atoms with van der Waals surface area (Å²) in [6.07, 6.45) is 0. The zero-order valence-corrected chi connectivity index (χ0v) is 16.5. The third-order valence-electron chi connectivity index (χ3n) is 3.32. The van der Waals surface area contributed by atoms with Gasteiger partial charge in [0.1, 0.15) is 0 Å². The van der Waals surface area contributed by atoms with Gasteiger partial charge in [0.15, 0.2) is 11.3 Å². The molecule has 1 heterocycles. The van der Waals surface area contributed by atoms with Crippen LogP contribution in [0.4, 0.5) is 0 Å². The molecule has 0 bridgehead atoms. The number of hydrogen-bond donors (Lipinski definition) is 1. The first-order valence-corrected chi connectivity index (χ1v) is 9.64. The van der Waals surface area contributed by atoms with E-state index in [4.69, 9.17) is 9.15 Å². The second-order valence-electron chi connectivity index (χ2n) is 5.35. The van der Waals surface area contributed by atoms with Gasteiger partial charge in [0, 0.05) is 20.6 Å². The van der Waals surface area contributed by atoms with Crippen molar-refractivity contribution in [2.45, 2.75) is 11.4 Å². The number of hydrogen-bond acceptors (Lipinski definition) is 6. The highest BCUT2D eigenvalue weighted by atomic mass is 79.9. The average molecular weight is 445 g/mol. The van der Waals surface area contributed by atoms with Crippen molar-refractivity contribution in [1.82, 2.24) is 9.62 Å². The van der Waals surface area contributed by atoms with Crippen molar-refractivity contribution in [2.75, 3.05) is 20.7 Å². The second-order valence-corrected chi connectivity index (χ2v) is 8.25. The molecule has 0 aliphatic heterocycles. The first-order chi connectivity index (χ1) is 12.2. The fourth-order valence-electron chi connectivity index (χ4n) is 1.97. The zero-order valence-electron chi connectivity index (χ0n) is 14.1. The Hall–Kier alpha value is -2.17. The molecule has 1 aromatic carbocycles. The topological polar surface area (TPSA) is 106 Å². The summed E-state index contributed by atoms with van der Waals surface area (Å²) < 4.78 is 35.9. The van der Waals surface area contributed by atoms with Gasteiger partial charge in [-0.1, -0.05) is 18.2 Å². The Morgan fingerprint density at radius 1 is 1.19 bits per heavy atom. The van der Waals surface area contributed by atoms with Crippen molar-refractivity contribution < 1.29 is 27.2 Å². The first kappa shape index (κ1) is 20.1. The Morgan fingerprint density at radius 3 is 2.50 bits per heavy atom. The monoisotopic (exact) mass is 444 g/mol. The van der Waals surface area contributed by atoms with Gasteiger partial charge in [0.25, 0.3) is 5.91 Å². The summed E-state index contributed by atoms with van der Waals surface area (Å²) in [6.45, 7) is -0.536. The van der Waals surface area contributed by atoms with Crippen LogP contribution in [0.15, 0.2) is 50.4 Å². The maximum atomic E-state index is 12.3. The number of benzene rings is 1. The van der Waals surface area contributed by atoms with Gasteiger partial charge in [-0.15, -0.1) is 0 Å². The summed E-state index contributed by atoms with van der Waals surface area (Å²) in [7, 11) is -0.780. The molecule has 0 aliphatic rings. The number of furan rings is 1. The SMILES string of the molecule is CN(C)S(=O)(=O)c1ccccc1CNC(=O)COC(=O)c1ccc(Br)o1. The minimum absolute atomic E-state index is 0.0219. The molecule has 26 heavy (non-hydrogen) atoms. The van der Waals surface area contributed by atoms with Crippen LogP contribution in [-0.2, 0) is 26.1 Å². The number of ether oxygens (including phenoxy) is 1. The van der Waals surface area contributed by atoms with Crippen molar-refractivity contribution in [3.05, 3.63) is 52.4 Å². The Labute approximate surface area is 159 Å². The van der Waals surface area contributed by atoms with Gasteiger partial charge in [-0.3, -0.25) is 4.79 Å². The molecule has 1 aromatic heterocycles. The van der Waals surface area contributed by atoms with Crippen LogP contribution >= 0.6 is 15.9 Å². The smallest absolute Gasteiger partial charge is 0.374 e. The van der Waals surface area contributed by atoms with Gasteiger partial charge >= 0.3 is 5.97 Å². The van der Waals surface area contributed by atoms with Crippen molar-refractivity contribution in [2.24, 2.45) is 0 Å². The summed E-state index contributed by atoms with van der Waals surface area (Å²) in [6, 6.07) is 9.27. The molecule has 0 spiro atoms. The lowest BCUT2D eigenvalue weighted by atomic mass is 10.2. The fourth-order valence-corrected chi connectivity index (χ4v) is 3.39. The van der Waals surface area contributed by atoms with Crippen LogP contribution in [0.5, 0.6) is 0 Å². The zero-order chi connectivity index (χ0) is 19.3. The number of amides is 1. The minimum Gasteiger partial charge on any atom is -0.450 e. The summed E-state index contributed by atoms with van der Waals surface area (Å²) in [5.41, 5.74) is 0.427. The maximum absolute atomic E-state index is 12.3. The second kappa shape index (κ2) is 8.47. The van der Waals surface area contributed by atoms with E-state index in [0.29, 0.717) is 10.2 Å². The molecule has 140 valence electrons. The Balaban J connectivity index is 1.95. The molecule has 0 atom stereocenters. The molecule has 2 rings (SSSR count). The van der Waals surface area contributed by atoms with Crippen molar-refractivity contribution in [1.29, 1.82) is 0 Å². The number of nitrogens with zero attached hydrogens (tertiary/aromatic N) is 1. The number of carbonyl (C=O) groups excluding carboxylic acids is 2. The molecule has 0 fully saturated rings. The Bertz CT molecular complexity index is 907. The Kier molecular flexibility index (Phi) is 6.57. The van der Waals surface area contributed by atoms with Crippen molar-refractivity contribution >= 4 is 37.8 Å². The van der Waals surface area contributed by atoms with Crippen LogP contribution in [0, 0.1) is 0 Å². The molecular weight excluding hydrogens is 428 g/mol. The molecule has 0 aliphatic carbocycles. The molecule has 8 nitrogen and oxygen atoms in total. The molecule has 2 aromatic rings. The van der Waals surface area contributed by atoms with Crippen molar-refractivity contribution in [3.8, 4) is 0 Å². The molecular formula is C16H17BrN2O6S. The molecule has 1 amide bonds. The maximum Gasteiger partial charge on any atom is 0.374 e. The van der Waals surface area contributed by atoms with Crippen molar-refractivity contribution in [3.63, 3.8) is 0 Å². The van der Waals surface area contributed by atoms with Crippen LogP contribution in [0.3, 0.4) is 0 Å². The summed E-state index contributed by atoms with van der Waals surface area (Å²) >= 11 is 3.06. The van der Waals surface area contributed by atoms with E-state index in [1.165, 1.54) is 32.3 Å².